The van der Waals surface area contributed by atoms with Gasteiger partial charge in [-0.1, -0.05) is 24.3 Å². The van der Waals surface area contributed by atoms with Gasteiger partial charge in [0.05, 0.1) is 4.92 Å². The van der Waals surface area contributed by atoms with Crippen LogP contribution in [-0.4, -0.2) is 11.5 Å². The fourth-order valence-electron chi connectivity index (χ4n) is 2.23. The predicted octanol–water partition coefficient (Wildman–Crippen LogP) is 4.63. The number of halogens is 1. The standard InChI is InChI=1S/C16H17BrN2O2/c1-11-5-3-4-6-13(11)7-8-18-15-9-12(2)16(19(20)21)10-14(15)17/h3-6,9-10,18H,7-8H2,1-2H3. The lowest BCUT2D eigenvalue weighted by Crippen LogP contribution is -2.07. The summed E-state index contributed by atoms with van der Waals surface area (Å²) >= 11 is 3.38. The largest absolute Gasteiger partial charge is 0.384 e. The van der Waals surface area contributed by atoms with E-state index in [1.165, 1.54) is 11.1 Å². The first-order valence-corrected chi connectivity index (χ1v) is 7.51. The molecule has 0 spiro atoms. The lowest BCUT2D eigenvalue weighted by Gasteiger charge is -2.11. The van der Waals surface area contributed by atoms with Gasteiger partial charge in [0.15, 0.2) is 0 Å². The molecule has 4 nitrogen and oxygen atoms in total. The molecule has 0 heterocycles. The lowest BCUT2D eigenvalue weighted by atomic mass is 10.1. The maximum atomic E-state index is 10.9. The van der Waals surface area contributed by atoms with E-state index in [9.17, 15) is 10.1 Å². The van der Waals surface area contributed by atoms with Crippen LogP contribution in [0.25, 0.3) is 0 Å². The van der Waals surface area contributed by atoms with Crippen molar-refractivity contribution < 1.29 is 4.92 Å². The van der Waals surface area contributed by atoms with Gasteiger partial charge >= 0.3 is 0 Å². The van der Waals surface area contributed by atoms with E-state index in [0.717, 1.165) is 18.7 Å². The Labute approximate surface area is 132 Å². The van der Waals surface area contributed by atoms with Crippen molar-refractivity contribution in [3.05, 3.63) is 67.7 Å². The zero-order valence-corrected chi connectivity index (χ0v) is 13.6. The van der Waals surface area contributed by atoms with Gasteiger partial charge in [-0.05, 0) is 53.4 Å². The van der Waals surface area contributed by atoms with E-state index in [0.29, 0.717) is 10.0 Å². The Kier molecular flexibility index (Phi) is 4.96. The first-order valence-electron chi connectivity index (χ1n) is 6.72. The molecule has 21 heavy (non-hydrogen) atoms. The van der Waals surface area contributed by atoms with E-state index in [2.05, 4.69) is 40.3 Å². The van der Waals surface area contributed by atoms with Crippen molar-refractivity contribution >= 4 is 27.3 Å². The number of nitrogens with zero attached hydrogens (tertiary/aromatic N) is 1. The van der Waals surface area contributed by atoms with Gasteiger partial charge in [0.25, 0.3) is 5.69 Å². The van der Waals surface area contributed by atoms with Gasteiger partial charge in [-0.2, -0.15) is 0 Å². The lowest BCUT2D eigenvalue weighted by molar-refractivity contribution is -0.385. The smallest absolute Gasteiger partial charge is 0.273 e. The number of anilines is 1. The molecular weight excluding hydrogens is 332 g/mol. The van der Waals surface area contributed by atoms with E-state index in [1.807, 2.05) is 12.1 Å². The second-order valence-electron chi connectivity index (χ2n) is 4.98. The summed E-state index contributed by atoms with van der Waals surface area (Å²) in [4.78, 5) is 10.5. The van der Waals surface area contributed by atoms with E-state index < -0.39 is 0 Å². The second kappa shape index (κ2) is 6.72. The van der Waals surface area contributed by atoms with Crippen molar-refractivity contribution in [2.45, 2.75) is 20.3 Å². The summed E-state index contributed by atoms with van der Waals surface area (Å²) in [5.74, 6) is 0. The Morgan fingerprint density at radius 3 is 2.57 bits per heavy atom. The molecule has 5 heteroatoms. The third-order valence-electron chi connectivity index (χ3n) is 3.45. The molecule has 0 aliphatic heterocycles. The van der Waals surface area contributed by atoms with E-state index in [-0.39, 0.29) is 10.6 Å². The number of rotatable bonds is 5. The Hall–Kier alpha value is -1.88. The third kappa shape index (κ3) is 3.82. The van der Waals surface area contributed by atoms with E-state index >= 15 is 0 Å². The molecule has 0 unspecified atom stereocenters. The van der Waals surface area contributed by atoms with E-state index in [4.69, 9.17) is 0 Å². The third-order valence-corrected chi connectivity index (χ3v) is 4.11. The number of hydrogen-bond acceptors (Lipinski definition) is 3. The molecule has 1 N–H and O–H groups in total. The van der Waals surface area contributed by atoms with Gasteiger partial charge in [-0.25, -0.2) is 0 Å². The number of nitro groups is 1. The molecule has 0 aliphatic carbocycles. The molecule has 0 saturated heterocycles. The van der Waals surface area contributed by atoms with Gasteiger partial charge in [-0.15, -0.1) is 0 Å². The summed E-state index contributed by atoms with van der Waals surface area (Å²) in [5, 5.41) is 14.2. The second-order valence-corrected chi connectivity index (χ2v) is 5.83. The molecular formula is C16H17BrN2O2. The van der Waals surface area contributed by atoms with Crippen LogP contribution in [0.15, 0.2) is 40.9 Å². The van der Waals surface area contributed by atoms with Crippen LogP contribution in [0.4, 0.5) is 11.4 Å². The molecule has 0 radical (unpaired) electrons. The quantitative estimate of drug-likeness (QED) is 0.633. The molecule has 110 valence electrons. The number of aryl methyl sites for hydroxylation is 2. The predicted molar refractivity (Wildman–Crippen MR) is 88.9 cm³/mol. The zero-order chi connectivity index (χ0) is 15.4. The van der Waals surface area contributed by atoms with Gasteiger partial charge in [0.2, 0.25) is 0 Å². The van der Waals surface area contributed by atoms with Crippen LogP contribution >= 0.6 is 15.9 Å². The Balaban J connectivity index is 2.06. The van der Waals surface area contributed by atoms with Gasteiger partial charge < -0.3 is 5.32 Å². The van der Waals surface area contributed by atoms with Crippen LogP contribution in [0.5, 0.6) is 0 Å². The van der Waals surface area contributed by atoms with Crippen molar-refractivity contribution in [3.63, 3.8) is 0 Å². The number of hydrogen-bond donors (Lipinski definition) is 1. The molecule has 0 amide bonds. The molecule has 0 aromatic heterocycles. The van der Waals surface area contributed by atoms with Crippen LogP contribution in [0.2, 0.25) is 0 Å². The summed E-state index contributed by atoms with van der Waals surface area (Å²) in [5.41, 5.74) is 4.25. The fraction of sp³-hybridized carbons (Fsp3) is 0.250. The van der Waals surface area contributed by atoms with Crippen molar-refractivity contribution in [2.75, 3.05) is 11.9 Å². The van der Waals surface area contributed by atoms with Crippen molar-refractivity contribution in [1.82, 2.24) is 0 Å². The Bertz CT molecular complexity index is 671. The number of benzene rings is 2. The molecule has 0 bridgehead atoms. The number of nitro benzene ring substituents is 1. The molecule has 2 aromatic rings. The highest BCUT2D eigenvalue weighted by molar-refractivity contribution is 9.10. The van der Waals surface area contributed by atoms with Crippen molar-refractivity contribution in [1.29, 1.82) is 0 Å². The van der Waals surface area contributed by atoms with Crippen LogP contribution in [0, 0.1) is 24.0 Å². The average Bonchev–Trinajstić information content (AvgIpc) is 2.44. The summed E-state index contributed by atoms with van der Waals surface area (Å²) in [6.07, 6.45) is 0.912. The minimum atomic E-state index is -0.364. The maximum absolute atomic E-state index is 10.9. The zero-order valence-electron chi connectivity index (χ0n) is 12.0. The van der Waals surface area contributed by atoms with Crippen LogP contribution in [0.1, 0.15) is 16.7 Å². The van der Waals surface area contributed by atoms with Crippen molar-refractivity contribution in [3.8, 4) is 0 Å². The highest BCUT2D eigenvalue weighted by atomic mass is 79.9. The minimum absolute atomic E-state index is 0.131. The highest BCUT2D eigenvalue weighted by Crippen LogP contribution is 2.30. The SMILES string of the molecule is Cc1ccccc1CCNc1cc(C)c([N+](=O)[O-])cc1Br. The van der Waals surface area contributed by atoms with Crippen LogP contribution < -0.4 is 5.32 Å². The molecule has 0 atom stereocenters. The van der Waals surface area contributed by atoms with Gasteiger partial charge in [0.1, 0.15) is 0 Å². The maximum Gasteiger partial charge on any atom is 0.273 e. The average molecular weight is 349 g/mol. The first kappa shape index (κ1) is 15.5. The number of nitrogens with one attached hydrogen (secondary N) is 1. The molecule has 2 aromatic carbocycles. The molecule has 0 aliphatic rings. The summed E-state index contributed by atoms with van der Waals surface area (Å²) in [7, 11) is 0. The van der Waals surface area contributed by atoms with E-state index in [1.54, 1.807) is 19.1 Å². The van der Waals surface area contributed by atoms with Crippen LogP contribution in [-0.2, 0) is 6.42 Å². The first-order chi connectivity index (χ1) is 9.99. The van der Waals surface area contributed by atoms with Gasteiger partial charge in [-0.3, -0.25) is 10.1 Å². The fourth-order valence-corrected chi connectivity index (χ4v) is 2.70. The summed E-state index contributed by atoms with van der Waals surface area (Å²) in [6, 6.07) is 11.6. The monoisotopic (exact) mass is 348 g/mol. The van der Waals surface area contributed by atoms with Gasteiger partial charge in [0, 0.05) is 28.3 Å². The van der Waals surface area contributed by atoms with Crippen LogP contribution in [0.3, 0.4) is 0 Å². The molecule has 2 rings (SSSR count). The minimum Gasteiger partial charge on any atom is -0.384 e. The molecule has 0 fully saturated rings. The highest BCUT2D eigenvalue weighted by Gasteiger charge is 2.13. The molecule has 0 saturated carbocycles. The Morgan fingerprint density at radius 1 is 1.19 bits per heavy atom. The topological polar surface area (TPSA) is 55.2 Å². The summed E-state index contributed by atoms with van der Waals surface area (Å²) < 4.78 is 0.713. The summed E-state index contributed by atoms with van der Waals surface area (Å²) in [6.45, 7) is 4.62. The normalized spacial score (nSPS) is 10.4. The van der Waals surface area contributed by atoms with Crippen molar-refractivity contribution in [2.24, 2.45) is 0 Å². The Morgan fingerprint density at radius 2 is 1.90 bits per heavy atom.